The first-order valence-corrected chi connectivity index (χ1v) is 10.6. The second-order valence-corrected chi connectivity index (χ2v) is 8.25. The summed E-state index contributed by atoms with van der Waals surface area (Å²) in [6, 6.07) is 5.52. The van der Waals surface area contributed by atoms with E-state index in [2.05, 4.69) is 26.3 Å². The number of halogens is 7. The summed E-state index contributed by atoms with van der Waals surface area (Å²) in [6.45, 7) is 2.57. The summed E-state index contributed by atoms with van der Waals surface area (Å²) in [5.41, 5.74) is -2.96. The average molecular weight is 581 g/mol. The highest BCUT2D eigenvalue weighted by Crippen LogP contribution is 2.37. The molecule has 1 aromatic heterocycles. The van der Waals surface area contributed by atoms with Crippen molar-refractivity contribution in [2.45, 2.75) is 32.2 Å². The first-order valence-electron chi connectivity index (χ1n) is 9.85. The zero-order valence-corrected chi connectivity index (χ0v) is 19.8. The van der Waals surface area contributed by atoms with Gasteiger partial charge in [0.15, 0.2) is 5.69 Å². The van der Waals surface area contributed by atoms with Crippen molar-refractivity contribution in [1.82, 2.24) is 9.78 Å². The van der Waals surface area contributed by atoms with Crippen LogP contribution in [-0.2, 0) is 17.1 Å². The van der Waals surface area contributed by atoms with E-state index >= 15 is 0 Å². The Bertz CT molecular complexity index is 1320. The standard InChI is InChI=1S/C21H15BrF6N4O4/c1-10-17(22)18(21(26,27)28)30-31(10)11(2)19(33)29-13-7-14(32(34)35)9-16(8-13)36-15-5-3-4-12(6-15)20(23,24)25/h3-9,11H,1-2H3,(H,29,33). The molecule has 0 aliphatic rings. The average Bonchev–Trinajstić information content (AvgIpc) is 3.07. The number of nitrogens with one attached hydrogen (secondary N) is 1. The van der Waals surface area contributed by atoms with Crippen molar-refractivity contribution in [3.8, 4) is 11.5 Å². The molecule has 0 saturated heterocycles. The maximum absolute atomic E-state index is 13.1. The lowest BCUT2D eigenvalue weighted by molar-refractivity contribution is -0.384. The first kappa shape index (κ1) is 27.0. The summed E-state index contributed by atoms with van der Waals surface area (Å²) >= 11 is 2.81. The van der Waals surface area contributed by atoms with E-state index in [0.29, 0.717) is 6.07 Å². The maximum Gasteiger partial charge on any atom is 0.436 e. The summed E-state index contributed by atoms with van der Waals surface area (Å²) in [4.78, 5) is 23.2. The van der Waals surface area contributed by atoms with E-state index in [1.165, 1.54) is 19.9 Å². The Kier molecular flexibility index (Phi) is 7.34. The normalized spacial score (nSPS) is 12.8. The van der Waals surface area contributed by atoms with Crippen LogP contribution in [0.4, 0.5) is 37.7 Å². The minimum absolute atomic E-state index is 0.0117. The van der Waals surface area contributed by atoms with Crippen LogP contribution in [0.5, 0.6) is 11.5 Å². The number of rotatable bonds is 6. The van der Waals surface area contributed by atoms with Crippen LogP contribution in [0, 0.1) is 17.0 Å². The van der Waals surface area contributed by atoms with Gasteiger partial charge in [0, 0.05) is 12.1 Å². The number of amides is 1. The van der Waals surface area contributed by atoms with Crippen molar-refractivity contribution in [2.24, 2.45) is 0 Å². The topological polar surface area (TPSA) is 99.3 Å². The van der Waals surface area contributed by atoms with E-state index in [0.717, 1.165) is 35.0 Å². The number of benzene rings is 2. The fourth-order valence-corrected chi connectivity index (χ4v) is 3.59. The van der Waals surface area contributed by atoms with E-state index in [-0.39, 0.29) is 27.4 Å². The predicted octanol–water partition coefficient (Wildman–Crippen LogP) is 6.89. The Morgan fingerprint density at radius 1 is 1.11 bits per heavy atom. The number of aromatic nitrogens is 2. The zero-order valence-electron chi connectivity index (χ0n) is 18.2. The molecule has 1 unspecified atom stereocenters. The lowest BCUT2D eigenvalue weighted by Gasteiger charge is -2.15. The van der Waals surface area contributed by atoms with Gasteiger partial charge in [0.25, 0.3) is 5.69 Å². The number of nitro groups is 1. The van der Waals surface area contributed by atoms with E-state index in [1.807, 2.05) is 0 Å². The van der Waals surface area contributed by atoms with Gasteiger partial charge in [-0.25, -0.2) is 0 Å². The van der Waals surface area contributed by atoms with Crippen LogP contribution in [0.2, 0.25) is 0 Å². The first-order chi connectivity index (χ1) is 16.6. The summed E-state index contributed by atoms with van der Waals surface area (Å²) in [6.07, 6.45) is -9.43. The van der Waals surface area contributed by atoms with Crippen molar-refractivity contribution >= 4 is 33.2 Å². The Labute approximate surface area is 207 Å². The number of nitro benzene ring substituents is 1. The molecule has 0 bridgehead atoms. The second-order valence-electron chi connectivity index (χ2n) is 7.46. The minimum atomic E-state index is -4.78. The van der Waals surface area contributed by atoms with Crippen molar-refractivity contribution in [1.29, 1.82) is 0 Å². The van der Waals surface area contributed by atoms with Crippen molar-refractivity contribution in [2.75, 3.05) is 5.32 Å². The second kappa shape index (κ2) is 9.79. The van der Waals surface area contributed by atoms with Gasteiger partial charge in [0.1, 0.15) is 17.5 Å². The zero-order chi connectivity index (χ0) is 27.0. The van der Waals surface area contributed by atoms with Crippen LogP contribution in [-0.4, -0.2) is 20.6 Å². The highest BCUT2D eigenvalue weighted by Gasteiger charge is 2.39. The molecule has 1 heterocycles. The number of carbonyl (C=O) groups is 1. The van der Waals surface area contributed by atoms with E-state index in [9.17, 15) is 41.3 Å². The molecule has 0 radical (unpaired) electrons. The molecule has 36 heavy (non-hydrogen) atoms. The van der Waals surface area contributed by atoms with Crippen LogP contribution in [0.3, 0.4) is 0 Å². The largest absolute Gasteiger partial charge is 0.457 e. The molecule has 0 aliphatic carbocycles. The smallest absolute Gasteiger partial charge is 0.436 e. The molecule has 0 aliphatic heterocycles. The fraction of sp³-hybridized carbons (Fsp3) is 0.238. The Morgan fingerprint density at radius 3 is 2.33 bits per heavy atom. The lowest BCUT2D eigenvalue weighted by atomic mass is 10.2. The molecule has 1 atom stereocenters. The molecule has 8 nitrogen and oxygen atoms in total. The van der Waals surface area contributed by atoms with Crippen LogP contribution >= 0.6 is 15.9 Å². The summed E-state index contributed by atoms with van der Waals surface area (Å²) in [5.74, 6) is -1.40. The minimum Gasteiger partial charge on any atom is -0.457 e. The van der Waals surface area contributed by atoms with Gasteiger partial charge < -0.3 is 10.1 Å². The fourth-order valence-electron chi connectivity index (χ4n) is 3.11. The van der Waals surface area contributed by atoms with Gasteiger partial charge in [-0.15, -0.1) is 0 Å². The molecule has 0 spiro atoms. The molecule has 1 N–H and O–H groups in total. The van der Waals surface area contributed by atoms with Gasteiger partial charge in [-0.2, -0.15) is 31.4 Å². The van der Waals surface area contributed by atoms with E-state index in [4.69, 9.17) is 4.74 Å². The van der Waals surface area contributed by atoms with Crippen LogP contribution in [0.25, 0.3) is 0 Å². The summed E-state index contributed by atoms with van der Waals surface area (Å²) in [7, 11) is 0. The molecule has 2 aromatic carbocycles. The highest BCUT2D eigenvalue weighted by atomic mass is 79.9. The molecule has 3 aromatic rings. The number of carbonyl (C=O) groups excluding carboxylic acids is 1. The number of ether oxygens (including phenoxy) is 1. The monoisotopic (exact) mass is 580 g/mol. The molecule has 192 valence electrons. The number of non-ortho nitro benzene ring substituents is 1. The Hall–Kier alpha value is -3.62. The molecule has 0 fully saturated rings. The number of hydrogen-bond acceptors (Lipinski definition) is 5. The third-order valence-corrected chi connectivity index (χ3v) is 5.81. The van der Waals surface area contributed by atoms with Gasteiger partial charge in [0.2, 0.25) is 5.91 Å². The van der Waals surface area contributed by atoms with Crippen LogP contribution in [0.1, 0.15) is 29.9 Å². The number of alkyl halides is 6. The van der Waals surface area contributed by atoms with Gasteiger partial charge in [-0.05, 0) is 48.0 Å². The van der Waals surface area contributed by atoms with Crippen molar-refractivity contribution in [3.05, 3.63) is 74.0 Å². The molecular weight excluding hydrogens is 566 g/mol. The van der Waals surface area contributed by atoms with Gasteiger partial charge in [0.05, 0.1) is 32.4 Å². The highest BCUT2D eigenvalue weighted by molar-refractivity contribution is 9.10. The van der Waals surface area contributed by atoms with Gasteiger partial charge in [-0.3, -0.25) is 19.6 Å². The Morgan fingerprint density at radius 2 is 1.78 bits per heavy atom. The third kappa shape index (κ3) is 5.95. The molecule has 1 amide bonds. The van der Waals surface area contributed by atoms with E-state index in [1.54, 1.807) is 0 Å². The van der Waals surface area contributed by atoms with Gasteiger partial charge >= 0.3 is 12.4 Å². The van der Waals surface area contributed by atoms with Crippen LogP contribution < -0.4 is 10.1 Å². The van der Waals surface area contributed by atoms with Crippen molar-refractivity contribution in [3.63, 3.8) is 0 Å². The van der Waals surface area contributed by atoms with E-state index < -0.39 is 46.2 Å². The van der Waals surface area contributed by atoms with Gasteiger partial charge in [-0.1, -0.05) is 6.07 Å². The van der Waals surface area contributed by atoms with Crippen molar-refractivity contribution < 1.29 is 40.8 Å². The lowest BCUT2D eigenvalue weighted by Crippen LogP contribution is -2.25. The molecule has 15 heteroatoms. The molecule has 0 saturated carbocycles. The summed E-state index contributed by atoms with van der Waals surface area (Å²) in [5, 5.41) is 17.1. The third-order valence-electron chi connectivity index (χ3n) is 4.86. The SMILES string of the molecule is Cc1c(Br)c(C(F)(F)F)nn1C(C)C(=O)Nc1cc(Oc2cccc(C(F)(F)F)c2)cc([N+](=O)[O-])c1. The Balaban J connectivity index is 1.89. The summed E-state index contributed by atoms with van der Waals surface area (Å²) < 4.78 is 84.1. The number of hydrogen-bond donors (Lipinski definition) is 1. The molecule has 3 rings (SSSR count). The van der Waals surface area contributed by atoms with Crippen LogP contribution in [0.15, 0.2) is 46.9 Å². The number of nitrogens with zero attached hydrogens (tertiary/aromatic N) is 3. The predicted molar refractivity (Wildman–Crippen MR) is 118 cm³/mol. The maximum atomic E-state index is 13.1. The quantitative estimate of drug-likeness (QED) is 0.194. The molecular formula is C21H15BrF6N4O4. The number of anilines is 1.